The zero-order valence-corrected chi connectivity index (χ0v) is 7.58. The number of nitrogens with zero attached hydrogens (tertiary/aromatic N) is 2. The van der Waals surface area contributed by atoms with E-state index in [2.05, 4.69) is 5.10 Å². The lowest BCUT2D eigenvalue weighted by atomic mass is 9.92. The highest BCUT2D eigenvalue weighted by molar-refractivity contribution is 5.85. The average Bonchev–Trinajstić information content (AvgIpc) is 2.40. The summed E-state index contributed by atoms with van der Waals surface area (Å²) >= 11 is 0. The number of hydrogen-bond donors (Lipinski definition) is 1. The van der Waals surface area contributed by atoms with Crippen molar-refractivity contribution in [2.75, 3.05) is 5.73 Å². The summed E-state index contributed by atoms with van der Waals surface area (Å²) in [5.41, 5.74) is 3.71. The lowest BCUT2D eigenvalue weighted by Crippen LogP contribution is -2.27. The van der Waals surface area contributed by atoms with Crippen LogP contribution in [0.5, 0.6) is 0 Å². The molecule has 0 atom stereocenters. The predicted octanol–water partition coefficient (Wildman–Crippen LogP) is 1.39. The summed E-state index contributed by atoms with van der Waals surface area (Å²) in [5.74, 6) is 0.0302. The number of carbonyl (C=O) groups is 1. The second-order valence-electron chi connectivity index (χ2n) is 3.51. The number of rotatable bonds is 1. The summed E-state index contributed by atoms with van der Waals surface area (Å²) in [6.45, 7) is 0. The van der Waals surface area contributed by atoms with E-state index >= 15 is 0 Å². The third-order valence-electron chi connectivity index (χ3n) is 2.33. The van der Waals surface area contributed by atoms with Crippen molar-refractivity contribution in [1.29, 1.82) is 0 Å². The number of halogens is 3. The fraction of sp³-hybridized carbons (Fsp3) is 0.500. The molecule has 0 aliphatic heterocycles. The number of hydrogen-bond acceptors (Lipinski definition) is 3. The third-order valence-corrected chi connectivity index (χ3v) is 2.33. The largest absolute Gasteiger partial charge is 0.437 e. The molecule has 82 valence electrons. The predicted molar refractivity (Wildman–Crippen MR) is 44.9 cm³/mol. The SMILES string of the molecule is Nc1cn(C2CC(=O)C2)nc1C(F)(F)F. The van der Waals surface area contributed by atoms with Crippen LogP contribution in [-0.2, 0) is 11.0 Å². The van der Waals surface area contributed by atoms with Gasteiger partial charge in [-0.1, -0.05) is 0 Å². The molecule has 0 unspecified atom stereocenters. The van der Waals surface area contributed by atoms with E-state index in [4.69, 9.17) is 5.73 Å². The van der Waals surface area contributed by atoms with E-state index < -0.39 is 17.6 Å². The van der Waals surface area contributed by atoms with E-state index in [0.717, 1.165) is 10.9 Å². The standard InChI is InChI=1S/C8H8F3N3O/c9-8(10,11)7-6(12)3-14(13-7)4-1-5(15)2-4/h3-4H,1-2,12H2. The number of alkyl halides is 3. The Morgan fingerprint density at radius 2 is 2.07 bits per heavy atom. The second-order valence-corrected chi connectivity index (χ2v) is 3.51. The highest BCUT2D eigenvalue weighted by Gasteiger charge is 2.38. The summed E-state index contributed by atoms with van der Waals surface area (Å²) in [7, 11) is 0. The van der Waals surface area contributed by atoms with Gasteiger partial charge in [0.1, 0.15) is 5.78 Å². The Bertz CT molecular complexity index is 402. The van der Waals surface area contributed by atoms with Gasteiger partial charge in [0.15, 0.2) is 5.69 Å². The monoisotopic (exact) mass is 219 g/mol. The van der Waals surface area contributed by atoms with Crippen LogP contribution in [0.25, 0.3) is 0 Å². The first-order valence-electron chi connectivity index (χ1n) is 4.31. The maximum Gasteiger partial charge on any atom is 0.437 e. The van der Waals surface area contributed by atoms with Crippen molar-refractivity contribution in [1.82, 2.24) is 9.78 Å². The van der Waals surface area contributed by atoms with Gasteiger partial charge in [0.2, 0.25) is 0 Å². The van der Waals surface area contributed by atoms with Gasteiger partial charge in [-0.15, -0.1) is 0 Å². The molecule has 1 aromatic rings. The molecule has 0 amide bonds. The highest BCUT2D eigenvalue weighted by atomic mass is 19.4. The van der Waals surface area contributed by atoms with Crippen molar-refractivity contribution in [3.05, 3.63) is 11.9 Å². The third kappa shape index (κ3) is 1.69. The highest BCUT2D eigenvalue weighted by Crippen LogP contribution is 2.35. The first-order valence-corrected chi connectivity index (χ1v) is 4.31. The Morgan fingerprint density at radius 1 is 1.47 bits per heavy atom. The van der Waals surface area contributed by atoms with E-state index in [1.807, 2.05) is 0 Å². The van der Waals surface area contributed by atoms with Crippen LogP contribution in [0.2, 0.25) is 0 Å². The lowest BCUT2D eigenvalue weighted by Gasteiger charge is -2.24. The first kappa shape index (κ1) is 10.0. The normalized spacial score (nSPS) is 17.9. The van der Waals surface area contributed by atoms with E-state index in [9.17, 15) is 18.0 Å². The molecule has 4 nitrogen and oxygen atoms in total. The molecule has 1 aromatic heterocycles. The maximum atomic E-state index is 12.3. The van der Waals surface area contributed by atoms with Crippen LogP contribution in [0.4, 0.5) is 18.9 Å². The quantitative estimate of drug-likeness (QED) is 0.776. The number of carbonyl (C=O) groups excluding carboxylic acids is 1. The minimum atomic E-state index is -4.54. The molecule has 15 heavy (non-hydrogen) atoms. The molecule has 2 rings (SSSR count). The molecule has 1 saturated carbocycles. The Morgan fingerprint density at radius 3 is 2.47 bits per heavy atom. The fourth-order valence-electron chi connectivity index (χ4n) is 1.47. The number of nitrogen functional groups attached to an aromatic ring is 1. The van der Waals surface area contributed by atoms with Crippen molar-refractivity contribution in [2.24, 2.45) is 0 Å². The summed E-state index contributed by atoms with van der Waals surface area (Å²) < 4.78 is 38.0. The van der Waals surface area contributed by atoms with Crippen LogP contribution in [0.15, 0.2) is 6.20 Å². The molecule has 1 fully saturated rings. The van der Waals surface area contributed by atoms with Gasteiger partial charge in [-0.05, 0) is 0 Å². The Labute approximate surface area is 82.9 Å². The zero-order chi connectivity index (χ0) is 11.2. The molecule has 2 N–H and O–H groups in total. The van der Waals surface area contributed by atoms with Gasteiger partial charge in [0.05, 0.1) is 11.7 Å². The van der Waals surface area contributed by atoms with Crippen molar-refractivity contribution in [2.45, 2.75) is 25.1 Å². The Kier molecular flexibility index (Phi) is 1.99. The molecule has 1 heterocycles. The van der Waals surface area contributed by atoms with Crippen LogP contribution in [-0.4, -0.2) is 15.6 Å². The van der Waals surface area contributed by atoms with Gasteiger partial charge in [-0.3, -0.25) is 9.48 Å². The van der Waals surface area contributed by atoms with E-state index in [1.165, 1.54) is 0 Å². The van der Waals surface area contributed by atoms with Crippen LogP contribution in [0.3, 0.4) is 0 Å². The summed E-state index contributed by atoms with van der Waals surface area (Å²) in [4.78, 5) is 10.7. The van der Waals surface area contributed by atoms with E-state index in [0.29, 0.717) is 0 Å². The van der Waals surface area contributed by atoms with Crippen molar-refractivity contribution >= 4 is 11.5 Å². The topological polar surface area (TPSA) is 60.9 Å². The minimum Gasteiger partial charge on any atom is -0.396 e. The lowest BCUT2D eigenvalue weighted by molar-refractivity contribution is -0.141. The number of nitrogens with two attached hydrogens (primary N) is 1. The van der Waals surface area contributed by atoms with Gasteiger partial charge in [0.25, 0.3) is 0 Å². The van der Waals surface area contributed by atoms with Crippen LogP contribution in [0, 0.1) is 0 Å². The Hall–Kier alpha value is -1.53. The van der Waals surface area contributed by atoms with Crippen LogP contribution < -0.4 is 5.73 Å². The molecule has 0 spiro atoms. The number of aromatic nitrogens is 2. The fourth-order valence-corrected chi connectivity index (χ4v) is 1.47. The average molecular weight is 219 g/mol. The van der Waals surface area contributed by atoms with Crippen molar-refractivity contribution in [3.8, 4) is 0 Å². The molecule has 7 heteroatoms. The summed E-state index contributed by atoms with van der Waals surface area (Å²) in [5, 5.41) is 3.35. The smallest absolute Gasteiger partial charge is 0.396 e. The molecule has 1 aliphatic carbocycles. The molecule has 0 saturated heterocycles. The number of Topliss-reactive ketones (excluding diaryl/α,β-unsaturated/α-hetero) is 1. The maximum absolute atomic E-state index is 12.3. The van der Waals surface area contributed by atoms with Gasteiger partial charge < -0.3 is 5.73 Å². The van der Waals surface area contributed by atoms with E-state index in [-0.39, 0.29) is 24.7 Å². The second kappa shape index (κ2) is 2.98. The van der Waals surface area contributed by atoms with Crippen LogP contribution >= 0.6 is 0 Å². The molecular weight excluding hydrogens is 211 g/mol. The van der Waals surface area contributed by atoms with Gasteiger partial charge in [0, 0.05) is 19.0 Å². The molecule has 0 radical (unpaired) electrons. The number of anilines is 1. The number of ketones is 1. The zero-order valence-electron chi connectivity index (χ0n) is 7.58. The van der Waals surface area contributed by atoms with Gasteiger partial charge in [-0.25, -0.2) is 0 Å². The van der Waals surface area contributed by atoms with E-state index in [1.54, 1.807) is 0 Å². The summed E-state index contributed by atoms with van der Waals surface area (Å²) in [6.07, 6.45) is -2.94. The molecule has 0 bridgehead atoms. The summed E-state index contributed by atoms with van der Waals surface area (Å²) in [6, 6.07) is -0.268. The molecular formula is C8H8F3N3O. The Balaban J connectivity index is 2.26. The minimum absolute atomic E-state index is 0.0302. The first-order chi connectivity index (χ1) is 6.88. The van der Waals surface area contributed by atoms with Gasteiger partial charge >= 0.3 is 6.18 Å². The van der Waals surface area contributed by atoms with Gasteiger partial charge in [-0.2, -0.15) is 18.3 Å². The molecule has 0 aromatic carbocycles. The molecule has 1 aliphatic rings. The van der Waals surface area contributed by atoms with Crippen LogP contribution in [0.1, 0.15) is 24.6 Å². The van der Waals surface area contributed by atoms with Crippen molar-refractivity contribution < 1.29 is 18.0 Å². The van der Waals surface area contributed by atoms with Crippen molar-refractivity contribution in [3.63, 3.8) is 0 Å².